The second kappa shape index (κ2) is 8.77. The van der Waals surface area contributed by atoms with Gasteiger partial charge in [-0.1, -0.05) is 0 Å². The van der Waals surface area contributed by atoms with Crippen LogP contribution in [0.3, 0.4) is 0 Å². The lowest BCUT2D eigenvalue weighted by molar-refractivity contribution is -0.135. The number of nitrogens with zero attached hydrogens (tertiary/aromatic N) is 2. The normalized spacial score (nSPS) is 23.3. The molecule has 0 radical (unpaired) electrons. The molecule has 2 fully saturated rings. The number of rotatable bonds is 6. The number of carbonyl (C=O) groups is 1. The molecule has 0 aliphatic carbocycles. The second-order valence-corrected chi connectivity index (χ2v) is 6.99. The first-order valence-electron chi connectivity index (χ1n) is 9.27. The molecule has 2 N–H and O–H groups in total. The Morgan fingerprint density at radius 1 is 1.11 bits per heavy atom. The number of amides is 1. The van der Waals surface area contributed by atoms with E-state index in [1.807, 2.05) is 17.0 Å². The largest absolute Gasteiger partial charge is 0.493 e. The van der Waals surface area contributed by atoms with Crippen LogP contribution in [0.4, 0.5) is 0 Å². The summed E-state index contributed by atoms with van der Waals surface area (Å²) >= 11 is 0. The molecule has 8 heteroatoms. The molecular formula is C19H29N3O5. The Hall–Kier alpha value is -2.03. The van der Waals surface area contributed by atoms with E-state index in [1.54, 1.807) is 21.3 Å². The smallest absolute Gasteiger partial charge is 0.239 e. The average Bonchev–Trinajstić information content (AvgIpc) is 3.13. The summed E-state index contributed by atoms with van der Waals surface area (Å²) in [5.74, 6) is 1.97. The quantitative estimate of drug-likeness (QED) is 0.724. The van der Waals surface area contributed by atoms with E-state index in [2.05, 4.69) is 10.2 Å². The molecule has 150 valence electrons. The number of hydrogen-bond acceptors (Lipinski definition) is 7. The Bertz CT molecular complexity index is 636. The van der Waals surface area contributed by atoms with E-state index in [-0.39, 0.29) is 11.9 Å². The van der Waals surface area contributed by atoms with E-state index in [0.29, 0.717) is 43.3 Å². The van der Waals surface area contributed by atoms with Crippen molar-refractivity contribution in [2.45, 2.75) is 25.1 Å². The lowest BCUT2D eigenvalue weighted by Crippen LogP contribution is -2.52. The Balaban J connectivity index is 1.58. The highest BCUT2D eigenvalue weighted by atomic mass is 16.5. The van der Waals surface area contributed by atoms with Gasteiger partial charge in [-0.05, 0) is 24.1 Å². The fraction of sp³-hybridized carbons (Fsp3) is 0.632. The van der Waals surface area contributed by atoms with E-state index in [0.717, 1.165) is 25.2 Å². The summed E-state index contributed by atoms with van der Waals surface area (Å²) < 4.78 is 16.2. The molecule has 0 saturated carbocycles. The lowest BCUT2D eigenvalue weighted by atomic mass is 10.1. The molecule has 8 nitrogen and oxygen atoms in total. The van der Waals surface area contributed by atoms with Crippen LogP contribution >= 0.6 is 0 Å². The van der Waals surface area contributed by atoms with Crippen LogP contribution in [0.2, 0.25) is 0 Å². The summed E-state index contributed by atoms with van der Waals surface area (Å²) in [5, 5.41) is 12.7. The van der Waals surface area contributed by atoms with Crippen molar-refractivity contribution >= 4 is 5.91 Å². The van der Waals surface area contributed by atoms with Crippen molar-refractivity contribution in [2.75, 3.05) is 54.1 Å². The summed E-state index contributed by atoms with van der Waals surface area (Å²) in [5.41, 5.74) is 1.07. The Kier molecular flexibility index (Phi) is 6.41. The molecule has 3 rings (SSSR count). The van der Waals surface area contributed by atoms with Crippen LogP contribution in [0.25, 0.3) is 0 Å². The van der Waals surface area contributed by atoms with Gasteiger partial charge in [-0.2, -0.15) is 0 Å². The van der Waals surface area contributed by atoms with Crippen molar-refractivity contribution in [3.8, 4) is 17.2 Å². The molecule has 27 heavy (non-hydrogen) atoms. The molecule has 1 amide bonds. The van der Waals surface area contributed by atoms with Crippen molar-refractivity contribution in [3.63, 3.8) is 0 Å². The molecule has 2 aliphatic heterocycles. The van der Waals surface area contributed by atoms with Crippen LogP contribution in [-0.4, -0.2) is 87.0 Å². The van der Waals surface area contributed by atoms with Crippen molar-refractivity contribution in [3.05, 3.63) is 17.7 Å². The number of β-amino-alcohol motifs (C(OH)–C–C–N with tert-alkyl or cyclic N) is 1. The predicted octanol–water partition coefficient (Wildman–Crippen LogP) is 0.0794. The molecule has 2 aliphatic rings. The molecule has 1 aromatic carbocycles. The SMILES string of the molecule is COc1cc(CN2CCN(C(=O)C3CC(O)CN3)CC2)cc(OC)c1OC. The Morgan fingerprint density at radius 3 is 2.22 bits per heavy atom. The lowest BCUT2D eigenvalue weighted by Gasteiger charge is -2.36. The zero-order valence-corrected chi connectivity index (χ0v) is 16.2. The van der Waals surface area contributed by atoms with Gasteiger partial charge in [-0.3, -0.25) is 9.69 Å². The Morgan fingerprint density at radius 2 is 1.74 bits per heavy atom. The van der Waals surface area contributed by atoms with E-state index >= 15 is 0 Å². The van der Waals surface area contributed by atoms with E-state index in [4.69, 9.17) is 14.2 Å². The molecule has 2 atom stereocenters. The van der Waals surface area contributed by atoms with Gasteiger partial charge in [0.2, 0.25) is 11.7 Å². The number of aliphatic hydroxyl groups is 1. The maximum Gasteiger partial charge on any atom is 0.239 e. The third kappa shape index (κ3) is 4.45. The molecule has 0 spiro atoms. The van der Waals surface area contributed by atoms with Crippen molar-refractivity contribution < 1.29 is 24.1 Å². The molecule has 0 bridgehead atoms. The second-order valence-electron chi connectivity index (χ2n) is 6.99. The summed E-state index contributed by atoms with van der Waals surface area (Å²) in [6.45, 7) is 4.24. The third-order valence-corrected chi connectivity index (χ3v) is 5.22. The number of methoxy groups -OCH3 is 3. The van der Waals surface area contributed by atoms with Gasteiger partial charge < -0.3 is 29.5 Å². The molecular weight excluding hydrogens is 350 g/mol. The molecule has 2 saturated heterocycles. The zero-order valence-electron chi connectivity index (χ0n) is 16.2. The molecule has 0 aromatic heterocycles. The van der Waals surface area contributed by atoms with Crippen molar-refractivity contribution in [1.82, 2.24) is 15.1 Å². The van der Waals surface area contributed by atoms with Gasteiger partial charge in [0, 0.05) is 39.3 Å². The fourth-order valence-corrected chi connectivity index (χ4v) is 3.74. The highest BCUT2D eigenvalue weighted by Crippen LogP contribution is 2.38. The minimum atomic E-state index is -0.416. The summed E-state index contributed by atoms with van der Waals surface area (Å²) in [4.78, 5) is 16.7. The van der Waals surface area contributed by atoms with Crippen LogP contribution in [0.5, 0.6) is 17.2 Å². The summed E-state index contributed by atoms with van der Waals surface area (Å²) in [6, 6.07) is 3.67. The van der Waals surface area contributed by atoms with Crippen LogP contribution in [-0.2, 0) is 11.3 Å². The first kappa shape index (κ1) is 19.7. The average molecular weight is 379 g/mol. The van der Waals surface area contributed by atoms with Crippen molar-refractivity contribution in [2.24, 2.45) is 0 Å². The summed E-state index contributed by atoms with van der Waals surface area (Å²) in [7, 11) is 4.81. The minimum Gasteiger partial charge on any atom is -0.493 e. The van der Waals surface area contributed by atoms with E-state index in [9.17, 15) is 9.90 Å². The number of piperazine rings is 1. The zero-order chi connectivity index (χ0) is 19.4. The van der Waals surface area contributed by atoms with Gasteiger partial charge in [-0.25, -0.2) is 0 Å². The number of aliphatic hydroxyl groups excluding tert-OH is 1. The van der Waals surface area contributed by atoms with Crippen LogP contribution in [0, 0.1) is 0 Å². The number of ether oxygens (including phenoxy) is 3. The maximum atomic E-state index is 12.5. The van der Waals surface area contributed by atoms with Crippen LogP contribution in [0.1, 0.15) is 12.0 Å². The van der Waals surface area contributed by atoms with Gasteiger partial charge >= 0.3 is 0 Å². The molecule has 1 aromatic rings. The first-order chi connectivity index (χ1) is 13.0. The van der Waals surface area contributed by atoms with Crippen LogP contribution < -0.4 is 19.5 Å². The van der Waals surface area contributed by atoms with E-state index < -0.39 is 6.10 Å². The molecule has 2 heterocycles. The number of nitrogens with one attached hydrogen (secondary N) is 1. The van der Waals surface area contributed by atoms with Crippen LogP contribution in [0.15, 0.2) is 12.1 Å². The Labute approximate surface area is 160 Å². The van der Waals surface area contributed by atoms with Gasteiger partial charge in [0.25, 0.3) is 0 Å². The minimum absolute atomic E-state index is 0.0963. The van der Waals surface area contributed by atoms with Gasteiger partial charge in [0.1, 0.15) is 0 Å². The fourth-order valence-electron chi connectivity index (χ4n) is 3.74. The standard InChI is InChI=1S/C19H29N3O5/c1-25-16-8-13(9-17(26-2)18(16)27-3)12-21-4-6-22(7-5-21)19(24)15-10-14(23)11-20-15/h8-9,14-15,20,23H,4-7,10-12H2,1-3H3. The predicted molar refractivity (Wildman–Crippen MR) is 100 cm³/mol. The highest BCUT2D eigenvalue weighted by Gasteiger charge is 2.32. The van der Waals surface area contributed by atoms with Gasteiger partial charge in [0.05, 0.1) is 33.5 Å². The third-order valence-electron chi connectivity index (χ3n) is 5.22. The topological polar surface area (TPSA) is 83.5 Å². The van der Waals surface area contributed by atoms with Crippen molar-refractivity contribution in [1.29, 1.82) is 0 Å². The first-order valence-corrected chi connectivity index (χ1v) is 9.27. The number of hydrogen-bond donors (Lipinski definition) is 2. The van der Waals surface area contributed by atoms with Gasteiger partial charge in [0.15, 0.2) is 11.5 Å². The summed E-state index contributed by atoms with van der Waals surface area (Å²) in [6.07, 6.45) is 0.0880. The highest BCUT2D eigenvalue weighted by molar-refractivity contribution is 5.82. The van der Waals surface area contributed by atoms with E-state index in [1.165, 1.54) is 0 Å². The van der Waals surface area contributed by atoms with Gasteiger partial charge in [-0.15, -0.1) is 0 Å². The monoisotopic (exact) mass is 379 g/mol. The number of carbonyl (C=O) groups excluding carboxylic acids is 1. The maximum absolute atomic E-state index is 12.5. The molecule has 2 unspecified atom stereocenters. The number of benzene rings is 1.